The first-order valence-electron chi connectivity index (χ1n) is 5.19. The maximum absolute atomic E-state index is 8.62. The van der Waals surface area contributed by atoms with Crippen molar-refractivity contribution >= 4 is 15.9 Å². The Morgan fingerprint density at radius 2 is 2.00 bits per heavy atom. The monoisotopic (exact) mass is 297 g/mol. The molecule has 0 unspecified atom stereocenters. The van der Waals surface area contributed by atoms with Crippen LogP contribution in [0.2, 0.25) is 0 Å². The van der Waals surface area contributed by atoms with Crippen molar-refractivity contribution < 1.29 is 9.52 Å². The van der Waals surface area contributed by atoms with Crippen LogP contribution in [-0.4, -0.2) is 28.5 Å². The largest absolute Gasteiger partial charge is 0.419 e. The molecule has 0 saturated carbocycles. The number of aliphatic hydroxyl groups is 1. The number of hydrogen-bond acceptors (Lipinski definition) is 5. The van der Waals surface area contributed by atoms with E-state index in [9.17, 15) is 0 Å². The first kappa shape index (κ1) is 12.2. The van der Waals surface area contributed by atoms with Gasteiger partial charge in [0, 0.05) is 16.6 Å². The molecule has 90 valence electrons. The zero-order chi connectivity index (χ0) is 12.1. The maximum atomic E-state index is 8.62. The van der Waals surface area contributed by atoms with Crippen LogP contribution in [0.25, 0.3) is 11.5 Å². The lowest BCUT2D eigenvalue weighted by molar-refractivity contribution is 0.289. The number of nitrogens with zero attached hydrogens (tertiary/aromatic N) is 2. The van der Waals surface area contributed by atoms with Crippen LogP contribution < -0.4 is 5.32 Å². The summed E-state index contributed by atoms with van der Waals surface area (Å²) in [5.74, 6) is 1.01. The summed E-state index contributed by atoms with van der Waals surface area (Å²) in [7, 11) is 0. The van der Waals surface area contributed by atoms with Crippen LogP contribution in [0.15, 0.2) is 33.2 Å². The Bertz CT molecular complexity index is 470. The van der Waals surface area contributed by atoms with Gasteiger partial charge in [-0.15, -0.1) is 10.2 Å². The van der Waals surface area contributed by atoms with Crippen LogP contribution >= 0.6 is 15.9 Å². The molecule has 0 aliphatic rings. The zero-order valence-electron chi connectivity index (χ0n) is 9.06. The molecule has 0 fully saturated rings. The highest BCUT2D eigenvalue weighted by molar-refractivity contribution is 9.10. The summed E-state index contributed by atoms with van der Waals surface area (Å²) in [6.45, 7) is 1.06. The average molecular weight is 298 g/mol. The fourth-order valence-electron chi connectivity index (χ4n) is 1.31. The highest BCUT2D eigenvalue weighted by atomic mass is 79.9. The van der Waals surface area contributed by atoms with E-state index in [0.717, 1.165) is 10.0 Å². The van der Waals surface area contributed by atoms with Crippen LogP contribution in [-0.2, 0) is 6.54 Å². The molecule has 2 N–H and O–H groups in total. The molecule has 0 atom stereocenters. The van der Waals surface area contributed by atoms with Gasteiger partial charge in [0.2, 0.25) is 11.8 Å². The van der Waals surface area contributed by atoms with E-state index in [0.29, 0.717) is 24.9 Å². The minimum atomic E-state index is 0.0910. The SMILES string of the molecule is OCCNCc1nnc(-c2ccc(Br)cc2)o1. The Morgan fingerprint density at radius 3 is 2.71 bits per heavy atom. The standard InChI is InChI=1S/C11H12BrN3O2/c12-9-3-1-8(2-4-9)11-15-14-10(17-11)7-13-5-6-16/h1-4,13,16H,5-7H2. The average Bonchev–Trinajstić information content (AvgIpc) is 2.79. The van der Waals surface area contributed by atoms with E-state index in [1.54, 1.807) is 0 Å². The first-order valence-corrected chi connectivity index (χ1v) is 5.99. The summed E-state index contributed by atoms with van der Waals surface area (Å²) in [6, 6.07) is 7.65. The molecule has 1 heterocycles. The van der Waals surface area contributed by atoms with E-state index in [2.05, 4.69) is 31.4 Å². The highest BCUT2D eigenvalue weighted by Crippen LogP contribution is 2.20. The van der Waals surface area contributed by atoms with E-state index in [1.807, 2.05) is 24.3 Å². The molecule has 2 aromatic rings. The van der Waals surface area contributed by atoms with E-state index < -0.39 is 0 Å². The van der Waals surface area contributed by atoms with Crippen molar-refractivity contribution in [2.45, 2.75) is 6.54 Å². The molecule has 0 aliphatic heterocycles. The molecule has 6 heteroatoms. The van der Waals surface area contributed by atoms with Gasteiger partial charge < -0.3 is 14.8 Å². The number of nitrogens with one attached hydrogen (secondary N) is 1. The number of rotatable bonds is 5. The van der Waals surface area contributed by atoms with Crippen LogP contribution in [0.4, 0.5) is 0 Å². The van der Waals surface area contributed by atoms with Gasteiger partial charge in [-0.1, -0.05) is 15.9 Å². The summed E-state index contributed by atoms with van der Waals surface area (Å²) in [5, 5.41) is 19.5. The zero-order valence-corrected chi connectivity index (χ0v) is 10.6. The molecule has 0 spiro atoms. The van der Waals surface area contributed by atoms with E-state index in [-0.39, 0.29) is 6.61 Å². The lowest BCUT2D eigenvalue weighted by atomic mass is 10.2. The number of hydrogen-bond donors (Lipinski definition) is 2. The summed E-state index contributed by atoms with van der Waals surface area (Å²) < 4.78 is 6.48. The van der Waals surface area contributed by atoms with Crippen LogP contribution in [0.3, 0.4) is 0 Å². The molecule has 17 heavy (non-hydrogen) atoms. The molecule has 1 aromatic carbocycles. The van der Waals surface area contributed by atoms with Gasteiger partial charge in [-0.25, -0.2) is 0 Å². The van der Waals surface area contributed by atoms with Crippen molar-refractivity contribution in [2.24, 2.45) is 0 Å². The van der Waals surface area contributed by atoms with E-state index in [4.69, 9.17) is 9.52 Å². The Labute approximate surface area is 107 Å². The van der Waals surface area contributed by atoms with Crippen molar-refractivity contribution in [1.82, 2.24) is 15.5 Å². The van der Waals surface area contributed by atoms with Gasteiger partial charge in [0.1, 0.15) is 0 Å². The second kappa shape index (κ2) is 5.90. The molecule has 0 bridgehead atoms. The number of aromatic nitrogens is 2. The minimum absolute atomic E-state index is 0.0910. The molecular weight excluding hydrogens is 286 g/mol. The third kappa shape index (κ3) is 3.36. The minimum Gasteiger partial charge on any atom is -0.419 e. The smallest absolute Gasteiger partial charge is 0.247 e. The van der Waals surface area contributed by atoms with Crippen molar-refractivity contribution in [2.75, 3.05) is 13.2 Å². The Hall–Kier alpha value is -1.24. The van der Waals surface area contributed by atoms with Crippen LogP contribution in [0.5, 0.6) is 0 Å². The number of halogens is 1. The summed E-state index contributed by atoms with van der Waals surface area (Å²) in [5.41, 5.74) is 0.883. The number of benzene rings is 1. The summed E-state index contributed by atoms with van der Waals surface area (Å²) >= 11 is 3.37. The fourth-order valence-corrected chi connectivity index (χ4v) is 1.57. The van der Waals surface area contributed by atoms with Crippen molar-refractivity contribution in [3.05, 3.63) is 34.6 Å². The molecule has 1 aromatic heterocycles. The quantitative estimate of drug-likeness (QED) is 0.820. The normalized spacial score (nSPS) is 10.7. The van der Waals surface area contributed by atoms with Gasteiger partial charge >= 0.3 is 0 Å². The lowest BCUT2D eigenvalue weighted by Crippen LogP contribution is -2.17. The van der Waals surface area contributed by atoms with Crippen molar-refractivity contribution in [3.63, 3.8) is 0 Å². The third-order valence-corrected chi connectivity index (χ3v) is 2.65. The van der Waals surface area contributed by atoms with Gasteiger partial charge in [-0.2, -0.15) is 0 Å². The van der Waals surface area contributed by atoms with Crippen LogP contribution in [0.1, 0.15) is 5.89 Å². The highest BCUT2D eigenvalue weighted by Gasteiger charge is 2.07. The predicted molar refractivity (Wildman–Crippen MR) is 66.2 cm³/mol. The molecule has 0 saturated heterocycles. The molecule has 5 nitrogen and oxygen atoms in total. The predicted octanol–water partition coefficient (Wildman–Crippen LogP) is 1.58. The van der Waals surface area contributed by atoms with Crippen molar-refractivity contribution in [1.29, 1.82) is 0 Å². The molecule has 0 radical (unpaired) electrons. The molecule has 2 rings (SSSR count). The van der Waals surface area contributed by atoms with Crippen LogP contribution in [0, 0.1) is 0 Å². The first-order chi connectivity index (χ1) is 8.29. The third-order valence-electron chi connectivity index (χ3n) is 2.12. The van der Waals surface area contributed by atoms with E-state index >= 15 is 0 Å². The van der Waals surface area contributed by atoms with Crippen molar-refractivity contribution in [3.8, 4) is 11.5 Å². The second-order valence-corrected chi connectivity index (χ2v) is 4.32. The molecule has 0 amide bonds. The van der Waals surface area contributed by atoms with Gasteiger partial charge in [0.25, 0.3) is 0 Å². The Kier molecular flexibility index (Phi) is 4.24. The van der Waals surface area contributed by atoms with Gasteiger partial charge in [-0.3, -0.25) is 0 Å². The fraction of sp³-hybridized carbons (Fsp3) is 0.273. The molecular formula is C11H12BrN3O2. The Morgan fingerprint density at radius 1 is 1.24 bits per heavy atom. The lowest BCUT2D eigenvalue weighted by Gasteiger charge is -1.97. The maximum Gasteiger partial charge on any atom is 0.247 e. The topological polar surface area (TPSA) is 71.2 Å². The number of aliphatic hydroxyl groups excluding tert-OH is 1. The van der Waals surface area contributed by atoms with E-state index in [1.165, 1.54) is 0 Å². The van der Waals surface area contributed by atoms with Gasteiger partial charge in [0.15, 0.2) is 0 Å². The van der Waals surface area contributed by atoms with Gasteiger partial charge in [0.05, 0.1) is 13.2 Å². The second-order valence-electron chi connectivity index (χ2n) is 3.41. The Balaban J connectivity index is 2.04. The molecule has 0 aliphatic carbocycles. The summed E-state index contributed by atoms with van der Waals surface area (Å²) in [6.07, 6.45) is 0. The summed E-state index contributed by atoms with van der Waals surface area (Å²) in [4.78, 5) is 0. The van der Waals surface area contributed by atoms with Gasteiger partial charge in [-0.05, 0) is 24.3 Å².